The quantitative estimate of drug-likeness (QED) is 0.697. The first-order valence-corrected chi connectivity index (χ1v) is 6.62. The first-order valence-electron chi connectivity index (χ1n) is 3.94. The summed E-state index contributed by atoms with van der Waals surface area (Å²) >= 11 is 3.59. The second-order valence-corrected chi connectivity index (χ2v) is 4.70. The normalized spacial score (nSPS) is 12.8. The van der Waals surface area contributed by atoms with E-state index in [0.29, 0.717) is 11.7 Å². The van der Waals surface area contributed by atoms with Gasteiger partial charge in [-0.2, -0.15) is 23.5 Å². The van der Waals surface area contributed by atoms with Gasteiger partial charge in [-0.1, -0.05) is 0 Å². The van der Waals surface area contributed by atoms with Crippen molar-refractivity contribution in [1.82, 2.24) is 0 Å². The number of aliphatic carboxylic acids is 1. The fourth-order valence-corrected chi connectivity index (χ4v) is 2.29. The molecule has 0 bridgehead atoms. The molecule has 0 aromatic heterocycles. The molecule has 0 radical (unpaired) electrons. The molecule has 12 heavy (non-hydrogen) atoms. The Morgan fingerprint density at radius 1 is 1.42 bits per heavy atom. The number of hydrogen-bond donors (Lipinski definition) is 1. The molecule has 0 aromatic carbocycles. The van der Waals surface area contributed by atoms with Crippen LogP contribution < -0.4 is 0 Å². The molecule has 0 amide bonds. The van der Waals surface area contributed by atoms with Crippen LogP contribution in [0.25, 0.3) is 0 Å². The number of rotatable bonds is 7. The van der Waals surface area contributed by atoms with Gasteiger partial charge < -0.3 is 5.11 Å². The molecule has 0 spiro atoms. The van der Waals surface area contributed by atoms with Crippen molar-refractivity contribution in [2.24, 2.45) is 0 Å². The summed E-state index contributed by atoms with van der Waals surface area (Å²) in [6, 6.07) is 0. The second-order valence-electron chi connectivity index (χ2n) is 2.57. The Labute approximate surface area is 82.5 Å². The molecular formula is C8H16O2S2. The molecule has 0 saturated carbocycles. The summed E-state index contributed by atoms with van der Waals surface area (Å²) < 4.78 is 0. The van der Waals surface area contributed by atoms with E-state index in [1.165, 1.54) is 0 Å². The van der Waals surface area contributed by atoms with Crippen LogP contribution in [0, 0.1) is 0 Å². The van der Waals surface area contributed by atoms with Crippen LogP contribution in [-0.4, -0.2) is 34.6 Å². The van der Waals surface area contributed by atoms with Crippen molar-refractivity contribution >= 4 is 29.5 Å². The van der Waals surface area contributed by atoms with Crippen molar-refractivity contribution in [3.05, 3.63) is 0 Å². The van der Waals surface area contributed by atoms with Crippen molar-refractivity contribution < 1.29 is 9.90 Å². The fourth-order valence-electron chi connectivity index (χ4n) is 0.914. The standard InChI is InChI=1S/C8H16O2S2/c1-11-6-5-7(12-2)3-4-8(9)10/h7H,3-6H2,1-2H3,(H,9,10). The van der Waals surface area contributed by atoms with Gasteiger partial charge in [-0.05, 0) is 31.1 Å². The minimum atomic E-state index is -0.682. The molecule has 0 heterocycles. The second kappa shape index (κ2) is 7.80. The average molecular weight is 208 g/mol. The fraction of sp³-hybridized carbons (Fsp3) is 0.875. The van der Waals surface area contributed by atoms with Crippen molar-refractivity contribution in [3.8, 4) is 0 Å². The van der Waals surface area contributed by atoms with E-state index in [0.717, 1.165) is 18.6 Å². The van der Waals surface area contributed by atoms with Gasteiger partial charge in [-0.3, -0.25) is 4.79 Å². The van der Waals surface area contributed by atoms with Crippen molar-refractivity contribution in [2.75, 3.05) is 18.3 Å². The van der Waals surface area contributed by atoms with Crippen molar-refractivity contribution in [1.29, 1.82) is 0 Å². The van der Waals surface area contributed by atoms with Gasteiger partial charge in [0.25, 0.3) is 0 Å². The number of carboxylic acids is 1. The molecule has 0 aromatic rings. The summed E-state index contributed by atoms with van der Waals surface area (Å²) in [7, 11) is 0. The topological polar surface area (TPSA) is 37.3 Å². The lowest BCUT2D eigenvalue weighted by Crippen LogP contribution is -2.07. The van der Waals surface area contributed by atoms with E-state index in [-0.39, 0.29) is 0 Å². The average Bonchev–Trinajstić information content (AvgIpc) is 2.05. The summed E-state index contributed by atoms with van der Waals surface area (Å²) in [5.74, 6) is 0.448. The van der Waals surface area contributed by atoms with E-state index < -0.39 is 5.97 Å². The molecule has 0 fully saturated rings. The minimum Gasteiger partial charge on any atom is -0.481 e. The predicted octanol–water partition coefficient (Wildman–Crippen LogP) is 2.34. The third-order valence-corrected chi connectivity index (χ3v) is 3.44. The van der Waals surface area contributed by atoms with Gasteiger partial charge in [0.2, 0.25) is 0 Å². The van der Waals surface area contributed by atoms with E-state index in [9.17, 15) is 4.79 Å². The Hall–Kier alpha value is 0.170. The molecule has 1 unspecified atom stereocenters. The summed E-state index contributed by atoms with van der Waals surface area (Å²) in [5.41, 5.74) is 0. The Morgan fingerprint density at radius 3 is 2.50 bits per heavy atom. The Balaban J connectivity index is 3.45. The van der Waals surface area contributed by atoms with E-state index in [2.05, 4.69) is 6.26 Å². The zero-order valence-electron chi connectivity index (χ0n) is 7.58. The zero-order valence-corrected chi connectivity index (χ0v) is 9.21. The molecule has 72 valence electrons. The monoisotopic (exact) mass is 208 g/mol. The van der Waals surface area contributed by atoms with Gasteiger partial charge in [-0.15, -0.1) is 0 Å². The summed E-state index contributed by atoms with van der Waals surface area (Å²) in [6.07, 6.45) is 6.36. The predicted molar refractivity (Wildman–Crippen MR) is 57.2 cm³/mol. The van der Waals surface area contributed by atoms with Crippen LogP contribution in [-0.2, 0) is 4.79 Å². The first-order chi connectivity index (χ1) is 5.70. The molecule has 1 atom stereocenters. The van der Waals surface area contributed by atoms with Crippen LogP contribution in [0.4, 0.5) is 0 Å². The number of carbonyl (C=O) groups is 1. The van der Waals surface area contributed by atoms with Crippen LogP contribution >= 0.6 is 23.5 Å². The van der Waals surface area contributed by atoms with Gasteiger partial charge >= 0.3 is 5.97 Å². The lowest BCUT2D eigenvalue weighted by molar-refractivity contribution is -0.137. The molecule has 0 rings (SSSR count). The van der Waals surface area contributed by atoms with Gasteiger partial charge in [0, 0.05) is 11.7 Å². The van der Waals surface area contributed by atoms with E-state index in [1.54, 1.807) is 11.8 Å². The highest BCUT2D eigenvalue weighted by molar-refractivity contribution is 7.99. The maximum Gasteiger partial charge on any atom is 0.303 e. The number of hydrogen-bond acceptors (Lipinski definition) is 3. The van der Waals surface area contributed by atoms with Crippen LogP contribution in [0.1, 0.15) is 19.3 Å². The summed E-state index contributed by atoms with van der Waals surface area (Å²) in [5, 5.41) is 8.99. The minimum absolute atomic E-state index is 0.305. The summed E-state index contributed by atoms with van der Waals surface area (Å²) in [6.45, 7) is 0. The largest absolute Gasteiger partial charge is 0.481 e. The molecule has 4 heteroatoms. The van der Waals surface area contributed by atoms with E-state index >= 15 is 0 Å². The van der Waals surface area contributed by atoms with Crippen LogP contribution in [0.2, 0.25) is 0 Å². The van der Waals surface area contributed by atoms with Crippen LogP contribution in [0.15, 0.2) is 0 Å². The summed E-state index contributed by atoms with van der Waals surface area (Å²) in [4.78, 5) is 10.3. The maximum atomic E-state index is 10.3. The third-order valence-electron chi connectivity index (χ3n) is 1.66. The third kappa shape index (κ3) is 6.85. The van der Waals surface area contributed by atoms with Crippen molar-refractivity contribution in [2.45, 2.75) is 24.5 Å². The highest BCUT2D eigenvalue weighted by atomic mass is 32.2. The van der Waals surface area contributed by atoms with Gasteiger partial charge in [0.15, 0.2) is 0 Å². The smallest absolute Gasteiger partial charge is 0.303 e. The van der Waals surface area contributed by atoms with Gasteiger partial charge in [-0.25, -0.2) is 0 Å². The van der Waals surface area contributed by atoms with Crippen LogP contribution in [0.3, 0.4) is 0 Å². The Kier molecular flexibility index (Phi) is 7.91. The van der Waals surface area contributed by atoms with Crippen LogP contribution in [0.5, 0.6) is 0 Å². The molecule has 0 aliphatic carbocycles. The zero-order chi connectivity index (χ0) is 9.40. The molecular weight excluding hydrogens is 192 g/mol. The highest BCUT2D eigenvalue weighted by Gasteiger charge is 2.08. The molecule has 2 nitrogen and oxygen atoms in total. The molecule has 0 aliphatic heterocycles. The molecule has 0 saturated heterocycles. The molecule has 0 aliphatic rings. The highest BCUT2D eigenvalue weighted by Crippen LogP contribution is 2.18. The molecule has 1 N–H and O–H groups in total. The number of thioether (sulfide) groups is 2. The van der Waals surface area contributed by atoms with E-state index in [1.807, 2.05) is 18.0 Å². The Bertz CT molecular complexity index is 128. The maximum absolute atomic E-state index is 10.3. The number of carboxylic acid groups (broad SMARTS) is 1. The van der Waals surface area contributed by atoms with Gasteiger partial charge in [0.1, 0.15) is 0 Å². The lowest BCUT2D eigenvalue weighted by Gasteiger charge is -2.11. The first kappa shape index (κ1) is 12.2. The SMILES string of the molecule is CSCCC(CCC(=O)O)SC. The van der Waals surface area contributed by atoms with Crippen molar-refractivity contribution in [3.63, 3.8) is 0 Å². The lowest BCUT2D eigenvalue weighted by atomic mass is 10.2. The Morgan fingerprint density at radius 2 is 2.08 bits per heavy atom. The van der Waals surface area contributed by atoms with Gasteiger partial charge in [0.05, 0.1) is 0 Å². The van der Waals surface area contributed by atoms with E-state index in [4.69, 9.17) is 5.11 Å².